The summed E-state index contributed by atoms with van der Waals surface area (Å²) in [5.74, 6) is 1.58. The van der Waals surface area contributed by atoms with Gasteiger partial charge < -0.3 is 10.2 Å². The Hall–Kier alpha value is -2.89. The number of nitrogens with zero attached hydrogens (tertiary/aromatic N) is 4. The number of fused-ring (bicyclic) bond motifs is 1. The van der Waals surface area contributed by atoms with E-state index in [1.54, 1.807) is 0 Å². The zero-order valence-electron chi connectivity index (χ0n) is 15.4. The zero-order valence-corrected chi connectivity index (χ0v) is 15.4. The van der Waals surface area contributed by atoms with Gasteiger partial charge in [-0.3, -0.25) is 4.79 Å². The van der Waals surface area contributed by atoms with Crippen molar-refractivity contribution >= 4 is 17.4 Å². The minimum absolute atomic E-state index is 0.309. The summed E-state index contributed by atoms with van der Waals surface area (Å²) in [5, 5.41) is 8.11. The maximum Gasteiger partial charge on any atom is 0.223 e. The van der Waals surface area contributed by atoms with Crippen LogP contribution in [0.1, 0.15) is 25.0 Å². The Labute approximate surface area is 158 Å². The molecule has 1 saturated carbocycles. The average Bonchev–Trinajstić information content (AvgIpc) is 3.34. The molecule has 0 bridgehead atoms. The lowest BCUT2D eigenvalue weighted by Gasteiger charge is -2.16. The lowest BCUT2D eigenvalue weighted by Crippen LogP contribution is -2.28. The van der Waals surface area contributed by atoms with Crippen molar-refractivity contribution in [3.8, 4) is 11.3 Å². The van der Waals surface area contributed by atoms with Crippen LogP contribution in [-0.4, -0.2) is 44.5 Å². The maximum absolute atomic E-state index is 12.2. The first-order valence-electron chi connectivity index (χ1n) is 9.63. The largest absolute Gasteiger partial charge is 0.370 e. The summed E-state index contributed by atoms with van der Waals surface area (Å²) in [5.41, 5.74) is 3.77. The fourth-order valence-electron chi connectivity index (χ4n) is 3.91. The van der Waals surface area contributed by atoms with E-state index in [-0.39, 0.29) is 0 Å². The molecule has 1 N–H and O–H groups in total. The highest BCUT2D eigenvalue weighted by Gasteiger charge is 2.39. The summed E-state index contributed by atoms with van der Waals surface area (Å²) < 4.78 is 1.86. The predicted octanol–water partition coefficient (Wildman–Crippen LogP) is 3.13. The Morgan fingerprint density at radius 2 is 2.00 bits per heavy atom. The number of hydrogen-bond donors (Lipinski definition) is 1. The molecule has 1 amide bonds. The first-order valence-corrected chi connectivity index (χ1v) is 9.63. The number of anilines is 1. The third kappa shape index (κ3) is 3.16. The number of nitrogens with one attached hydrogen (secondary N) is 1. The van der Waals surface area contributed by atoms with Crippen LogP contribution in [0, 0.1) is 12.8 Å². The molecule has 27 heavy (non-hydrogen) atoms. The summed E-state index contributed by atoms with van der Waals surface area (Å²) in [7, 11) is 0. The van der Waals surface area contributed by atoms with Gasteiger partial charge in [0.25, 0.3) is 0 Å². The molecule has 3 heterocycles. The van der Waals surface area contributed by atoms with Crippen LogP contribution in [0.25, 0.3) is 16.9 Å². The van der Waals surface area contributed by atoms with Crippen LogP contribution in [0.15, 0.2) is 42.5 Å². The highest BCUT2D eigenvalue weighted by atomic mass is 16.2. The van der Waals surface area contributed by atoms with Crippen LogP contribution >= 0.6 is 0 Å². The molecule has 2 aromatic heterocycles. The number of amides is 1. The topological polar surface area (TPSA) is 62.5 Å². The summed E-state index contributed by atoms with van der Waals surface area (Å²) in [6.07, 6.45) is 2.98. The maximum atomic E-state index is 12.2. The van der Waals surface area contributed by atoms with E-state index in [9.17, 15) is 4.79 Å². The number of aromatic nitrogens is 3. The van der Waals surface area contributed by atoms with Gasteiger partial charge in [-0.2, -0.15) is 9.61 Å². The quantitative estimate of drug-likeness (QED) is 0.758. The number of hydrogen-bond acceptors (Lipinski definition) is 4. The van der Waals surface area contributed by atoms with Crippen molar-refractivity contribution in [3.63, 3.8) is 0 Å². The van der Waals surface area contributed by atoms with Crippen LogP contribution in [-0.2, 0) is 4.79 Å². The van der Waals surface area contributed by atoms with E-state index in [4.69, 9.17) is 4.98 Å². The van der Waals surface area contributed by atoms with Crippen molar-refractivity contribution in [1.82, 2.24) is 19.5 Å². The Bertz CT molecular complexity index is 992. The minimum Gasteiger partial charge on any atom is -0.370 e. The van der Waals surface area contributed by atoms with Crippen LogP contribution in [0.2, 0.25) is 0 Å². The normalized spacial score (nSPS) is 19.8. The summed E-state index contributed by atoms with van der Waals surface area (Å²) in [6, 6.07) is 14.7. The molecule has 1 atom stereocenters. The lowest BCUT2D eigenvalue weighted by molar-refractivity contribution is -0.128. The number of benzene rings is 1. The van der Waals surface area contributed by atoms with E-state index in [1.165, 1.54) is 12.8 Å². The predicted molar refractivity (Wildman–Crippen MR) is 104 cm³/mol. The molecule has 1 saturated heterocycles. The second-order valence-electron chi connectivity index (χ2n) is 7.68. The van der Waals surface area contributed by atoms with Gasteiger partial charge in [0, 0.05) is 49.2 Å². The van der Waals surface area contributed by atoms with Gasteiger partial charge in [-0.15, -0.1) is 0 Å². The van der Waals surface area contributed by atoms with E-state index in [1.807, 2.05) is 41.8 Å². The van der Waals surface area contributed by atoms with Gasteiger partial charge in [-0.1, -0.05) is 30.3 Å². The second kappa shape index (κ2) is 6.37. The van der Waals surface area contributed by atoms with Gasteiger partial charge in [0.1, 0.15) is 5.82 Å². The van der Waals surface area contributed by atoms with Crippen molar-refractivity contribution in [2.45, 2.75) is 32.2 Å². The van der Waals surface area contributed by atoms with Crippen molar-refractivity contribution < 1.29 is 4.79 Å². The molecule has 5 rings (SSSR count). The fraction of sp³-hybridized carbons (Fsp3) is 0.381. The highest BCUT2D eigenvalue weighted by molar-refractivity contribution is 5.79. The molecular weight excluding hydrogens is 338 g/mol. The van der Waals surface area contributed by atoms with Crippen LogP contribution in [0.4, 0.5) is 5.82 Å². The molecule has 1 aliphatic heterocycles. The number of carbonyl (C=O) groups is 1. The second-order valence-corrected chi connectivity index (χ2v) is 7.68. The van der Waals surface area contributed by atoms with Crippen molar-refractivity contribution in [3.05, 3.63) is 48.2 Å². The van der Waals surface area contributed by atoms with Gasteiger partial charge in [-0.05, 0) is 19.8 Å². The number of rotatable bonds is 5. The summed E-state index contributed by atoms with van der Waals surface area (Å²) in [4.78, 5) is 19.0. The number of likely N-dealkylation sites (tertiary alicyclic amines) is 1. The molecular formula is C21H23N5O. The SMILES string of the molecule is Cc1cc2nc(-c3ccccc3)cc(NCC3CC(=O)N(C4CC4)C3)n2n1. The van der Waals surface area contributed by atoms with E-state index in [0.717, 1.165) is 41.5 Å². The third-order valence-corrected chi connectivity index (χ3v) is 5.42. The number of carbonyl (C=O) groups excluding carboxylic acids is 1. The van der Waals surface area contributed by atoms with Gasteiger partial charge >= 0.3 is 0 Å². The Morgan fingerprint density at radius 3 is 2.78 bits per heavy atom. The zero-order chi connectivity index (χ0) is 18.4. The standard InChI is InChI=1S/C21H23N5O/c1-14-9-20-23-18(16-5-3-2-4-6-16)11-19(26(20)24-14)22-12-15-10-21(27)25(13-15)17-7-8-17/h2-6,9,11,15,17,22H,7-8,10,12-13H2,1H3. The molecule has 6 nitrogen and oxygen atoms in total. The molecule has 2 fully saturated rings. The van der Waals surface area contributed by atoms with Gasteiger partial charge in [0.05, 0.1) is 11.4 Å². The molecule has 3 aromatic rings. The fourth-order valence-corrected chi connectivity index (χ4v) is 3.91. The third-order valence-electron chi connectivity index (χ3n) is 5.42. The van der Waals surface area contributed by atoms with Crippen LogP contribution in [0.3, 0.4) is 0 Å². The smallest absolute Gasteiger partial charge is 0.223 e. The van der Waals surface area contributed by atoms with Crippen LogP contribution < -0.4 is 5.32 Å². The van der Waals surface area contributed by atoms with Crippen molar-refractivity contribution in [1.29, 1.82) is 0 Å². The first kappa shape index (κ1) is 16.3. The van der Waals surface area contributed by atoms with E-state index >= 15 is 0 Å². The first-order chi connectivity index (χ1) is 13.2. The lowest BCUT2D eigenvalue weighted by atomic mass is 10.1. The molecule has 2 aliphatic rings. The molecule has 138 valence electrons. The average molecular weight is 361 g/mol. The summed E-state index contributed by atoms with van der Waals surface area (Å²) in [6.45, 7) is 3.61. The monoisotopic (exact) mass is 361 g/mol. The molecule has 1 aliphatic carbocycles. The molecule has 1 unspecified atom stereocenters. The molecule has 6 heteroatoms. The highest BCUT2D eigenvalue weighted by Crippen LogP contribution is 2.32. The van der Waals surface area contributed by atoms with Gasteiger partial charge in [0.2, 0.25) is 5.91 Å². The molecule has 1 aromatic carbocycles. The van der Waals surface area contributed by atoms with E-state index in [0.29, 0.717) is 24.3 Å². The number of aryl methyl sites for hydroxylation is 1. The Kier molecular flexibility index (Phi) is 3.85. The van der Waals surface area contributed by atoms with Crippen molar-refractivity contribution in [2.24, 2.45) is 5.92 Å². The van der Waals surface area contributed by atoms with Crippen molar-refractivity contribution in [2.75, 3.05) is 18.4 Å². The van der Waals surface area contributed by atoms with Gasteiger partial charge in [-0.25, -0.2) is 4.98 Å². The van der Waals surface area contributed by atoms with E-state index < -0.39 is 0 Å². The van der Waals surface area contributed by atoms with Crippen LogP contribution in [0.5, 0.6) is 0 Å². The molecule has 0 radical (unpaired) electrons. The Morgan fingerprint density at radius 1 is 1.19 bits per heavy atom. The minimum atomic E-state index is 0.309. The Balaban J connectivity index is 1.41. The molecule has 0 spiro atoms. The van der Waals surface area contributed by atoms with Gasteiger partial charge in [0.15, 0.2) is 5.65 Å². The summed E-state index contributed by atoms with van der Waals surface area (Å²) >= 11 is 0. The van der Waals surface area contributed by atoms with E-state index in [2.05, 4.69) is 27.4 Å².